The summed E-state index contributed by atoms with van der Waals surface area (Å²) in [5.41, 5.74) is 2.91. The minimum absolute atomic E-state index is 0.173. The van der Waals surface area contributed by atoms with Crippen molar-refractivity contribution in [2.45, 2.75) is 6.92 Å². The van der Waals surface area contributed by atoms with Crippen LogP contribution in [0.5, 0.6) is 0 Å². The molecule has 3 nitrogen and oxygen atoms in total. The molecule has 4 heteroatoms. The van der Waals surface area contributed by atoms with E-state index in [1.807, 2.05) is 61.5 Å². The molecule has 0 atom stereocenters. The van der Waals surface area contributed by atoms with Gasteiger partial charge in [0.05, 0.1) is 22.0 Å². The van der Waals surface area contributed by atoms with E-state index >= 15 is 0 Å². The molecular formula is C19H15ClN2O. The van der Waals surface area contributed by atoms with Gasteiger partial charge in [0.1, 0.15) is 0 Å². The number of carbonyl (C=O) groups is 1. The third-order valence-electron chi connectivity index (χ3n) is 3.49. The Kier molecular flexibility index (Phi) is 4.40. The molecule has 0 aliphatic carbocycles. The molecule has 0 saturated heterocycles. The SMILES string of the molecule is CC1=NN(c2ccccc2Cl)C(=O)/C1=C\C=C/c1ccccc1. The van der Waals surface area contributed by atoms with Crippen molar-refractivity contribution in [2.75, 3.05) is 5.01 Å². The van der Waals surface area contributed by atoms with Gasteiger partial charge in [0.2, 0.25) is 0 Å². The zero-order valence-electron chi connectivity index (χ0n) is 12.6. The highest BCUT2D eigenvalue weighted by molar-refractivity contribution is 6.36. The second-order valence-electron chi connectivity index (χ2n) is 5.10. The summed E-state index contributed by atoms with van der Waals surface area (Å²) < 4.78 is 0. The third-order valence-corrected chi connectivity index (χ3v) is 3.81. The number of benzene rings is 2. The molecule has 3 rings (SSSR count). The van der Waals surface area contributed by atoms with Gasteiger partial charge in [-0.25, -0.2) is 0 Å². The molecule has 1 aliphatic heterocycles. The number of halogens is 1. The molecule has 0 N–H and O–H groups in total. The van der Waals surface area contributed by atoms with Crippen LogP contribution < -0.4 is 5.01 Å². The van der Waals surface area contributed by atoms with Crippen LogP contribution in [-0.2, 0) is 4.79 Å². The van der Waals surface area contributed by atoms with Crippen molar-refractivity contribution in [3.8, 4) is 0 Å². The first kappa shape index (κ1) is 15.3. The molecule has 114 valence electrons. The molecular weight excluding hydrogens is 308 g/mol. The fraction of sp³-hybridized carbons (Fsp3) is 0.0526. The third kappa shape index (κ3) is 3.25. The van der Waals surface area contributed by atoms with Gasteiger partial charge in [-0.15, -0.1) is 0 Å². The largest absolute Gasteiger partial charge is 0.280 e. The van der Waals surface area contributed by atoms with E-state index in [1.165, 1.54) is 5.01 Å². The zero-order chi connectivity index (χ0) is 16.2. The lowest BCUT2D eigenvalue weighted by Crippen LogP contribution is -2.21. The number of carbonyl (C=O) groups excluding carboxylic acids is 1. The van der Waals surface area contributed by atoms with Crippen molar-refractivity contribution in [2.24, 2.45) is 5.10 Å². The lowest BCUT2D eigenvalue weighted by molar-refractivity contribution is -0.114. The first-order valence-corrected chi connectivity index (χ1v) is 7.62. The molecule has 2 aromatic carbocycles. The summed E-state index contributed by atoms with van der Waals surface area (Å²) in [6.07, 6.45) is 5.59. The predicted octanol–water partition coefficient (Wildman–Crippen LogP) is 4.70. The standard InChI is InChI=1S/C19H15ClN2O/c1-14-16(11-7-10-15-8-3-2-4-9-15)19(23)22(21-14)18-13-6-5-12-17(18)20/h2-13H,1H3/b10-7-,16-11-. The Balaban J connectivity index is 1.84. The summed E-state index contributed by atoms with van der Waals surface area (Å²) in [4.78, 5) is 12.6. The van der Waals surface area contributed by atoms with E-state index in [9.17, 15) is 4.79 Å². The lowest BCUT2D eigenvalue weighted by atomic mass is 10.1. The number of rotatable bonds is 3. The molecule has 0 aromatic heterocycles. The van der Waals surface area contributed by atoms with E-state index in [0.717, 1.165) is 5.56 Å². The van der Waals surface area contributed by atoms with Crippen LogP contribution in [0.2, 0.25) is 5.02 Å². The van der Waals surface area contributed by atoms with Gasteiger partial charge in [-0.05, 0) is 30.7 Å². The molecule has 1 amide bonds. The van der Waals surface area contributed by atoms with Crippen molar-refractivity contribution < 1.29 is 4.79 Å². The van der Waals surface area contributed by atoms with Gasteiger partial charge in [-0.1, -0.05) is 66.2 Å². The lowest BCUT2D eigenvalue weighted by Gasteiger charge is -2.12. The van der Waals surface area contributed by atoms with Gasteiger partial charge in [0.15, 0.2) is 0 Å². The topological polar surface area (TPSA) is 32.7 Å². The number of hydrogen-bond acceptors (Lipinski definition) is 2. The van der Waals surface area contributed by atoms with Crippen molar-refractivity contribution in [1.82, 2.24) is 0 Å². The summed E-state index contributed by atoms with van der Waals surface area (Å²) in [6.45, 7) is 1.82. The van der Waals surface area contributed by atoms with Crippen LogP contribution >= 0.6 is 11.6 Å². The maximum absolute atomic E-state index is 12.6. The van der Waals surface area contributed by atoms with Crippen LogP contribution in [0.25, 0.3) is 6.08 Å². The summed E-state index contributed by atoms with van der Waals surface area (Å²) in [5, 5.41) is 6.17. The molecule has 2 aromatic rings. The molecule has 1 heterocycles. The van der Waals surface area contributed by atoms with Crippen LogP contribution in [0.4, 0.5) is 5.69 Å². The Morgan fingerprint density at radius 1 is 1.04 bits per heavy atom. The van der Waals surface area contributed by atoms with E-state index in [0.29, 0.717) is 22.0 Å². The predicted molar refractivity (Wildman–Crippen MR) is 95.6 cm³/mol. The molecule has 0 radical (unpaired) electrons. The summed E-state index contributed by atoms with van der Waals surface area (Å²) in [6, 6.07) is 17.1. The van der Waals surface area contributed by atoms with Crippen molar-refractivity contribution in [3.63, 3.8) is 0 Å². The van der Waals surface area contributed by atoms with Gasteiger partial charge in [0.25, 0.3) is 5.91 Å². The van der Waals surface area contributed by atoms with Crippen LogP contribution in [0.1, 0.15) is 12.5 Å². The van der Waals surface area contributed by atoms with Crippen molar-refractivity contribution >= 4 is 35.0 Å². The summed E-state index contributed by atoms with van der Waals surface area (Å²) >= 11 is 6.15. The monoisotopic (exact) mass is 322 g/mol. The second kappa shape index (κ2) is 6.63. The number of nitrogens with zero attached hydrogens (tertiary/aromatic N) is 2. The van der Waals surface area contributed by atoms with Gasteiger partial charge < -0.3 is 0 Å². The van der Waals surface area contributed by atoms with Crippen LogP contribution in [0.3, 0.4) is 0 Å². The number of hydrogen-bond donors (Lipinski definition) is 0. The molecule has 0 bridgehead atoms. The van der Waals surface area contributed by atoms with Crippen LogP contribution in [-0.4, -0.2) is 11.6 Å². The maximum Gasteiger partial charge on any atom is 0.280 e. The molecule has 0 saturated carbocycles. The molecule has 1 aliphatic rings. The normalized spacial score (nSPS) is 16.4. The van der Waals surface area contributed by atoms with Gasteiger partial charge in [0, 0.05) is 0 Å². The smallest absolute Gasteiger partial charge is 0.267 e. The van der Waals surface area contributed by atoms with Crippen LogP contribution in [0.15, 0.2) is 77.4 Å². The fourth-order valence-electron chi connectivity index (χ4n) is 2.32. The maximum atomic E-state index is 12.6. The fourth-order valence-corrected chi connectivity index (χ4v) is 2.53. The van der Waals surface area contributed by atoms with E-state index in [4.69, 9.17) is 11.6 Å². The first-order chi connectivity index (χ1) is 11.2. The highest BCUT2D eigenvalue weighted by Crippen LogP contribution is 2.30. The van der Waals surface area contributed by atoms with E-state index < -0.39 is 0 Å². The van der Waals surface area contributed by atoms with Gasteiger partial charge >= 0.3 is 0 Å². The van der Waals surface area contributed by atoms with E-state index in [2.05, 4.69) is 5.10 Å². The average molecular weight is 323 g/mol. The molecule has 0 spiro atoms. The summed E-state index contributed by atoms with van der Waals surface area (Å²) in [7, 11) is 0. The quantitative estimate of drug-likeness (QED) is 0.754. The number of hydrazone groups is 1. The Labute approximate surface area is 140 Å². The number of para-hydroxylation sites is 1. The first-order valence-electron chi connectivity index (χ1n) is 7.25. The zero-order valence-corrected chi connectivity index (χ0v) is 13.4. The second-order valence-corrected chi connectivity index (χ2v) is 5.51. The Morgan fingerprint density at radius 3 is 2.48 bits per heavy atom. The van der Waals surface area contributed by atoms with Gasteiger partial charge in [-0.3, -0.25) is 4.79 Å². The van der Waals surface area contributed by atoms with E-state index in [-0.39, 0.29) is 5.91 Å². The number of amides is 1. The van der Waals surface area contributed by atoms with Crippen molar-refractivity contribution in [1.29, 1.82) is 0 Å². The number of allylic oxidation sites excluding steroid dienone is 2. The Bertz CT molecular complexity index is 822. The van der Waals surface area contributed by atoms with Gasteiger partial charge in [-0.2, -0.15) is 10.1 Å². The highest BCUT2D eigenvalue weighted by atomic mass is 35.5. The molecule has 0 fully saturated rings. The Hall–Kier alpha value is -2.65. The minimum atomic E-state index is -0.173. The summed E-state index contributed by atoms with van der Waals surface area (Å²) in [5.74, 6) is -0.173. The van der Waals surface area contributed by atoms with E-state index in [1.54, 1.807) is 18.2 Å². The van der Waals surface area contributed by atoms with Crippen molar-refractivity contribution in [3.05, 3.63) is 82.9 Å². The highest BCUT2D eigenvalue weighted by Gasteiger charge is 2.29. The minimum Gasteiger partial charge on any atom is -0.267 e. The molecule has 23 heavy (non-hydrogen) atoms. The molecule has 0 unspecified atom stereocenters. The van der Waals surface area contributed by atoms with Crippen LogP contribution in [0, 0.1) is 0 Å². The number of anilines is 1. The Morgan fingerprint density at radius 2 is 1.74 bits per heavy atom. The average Bonchev–Trinajstić information content (AvgIpc) is 2.84.